The lowest BCUT2D eigenvalue weighted by atomic mass is 10.1. The Morgan fingerprint density at radius 1 is 0.526 bits per heavy atom. The number of aryl methyl sites for hydroxylation is 4. The van der Waals surface area contributed by atoms with Gasteiger partial charge in [-0.15, -0.1) is 0 Å². The van der Waals surface area contributed by atoms with E-state index in [1.165, 1.54) is 96.0 Å². The first-order valence-corrected chi connectivity index (χ1v) is 21.2. The summed E-state index contributed by atoms with van der Waals surface area (Å²) in [5, 5.41) is 0. The van der Waals surface area contributed by atoms with Crippen LogP contribution in [-0.4, -0.2) is 95.4 Å². The third-order valence-corrected chi connectivity index (χ3v) is 9.32. The third kappa shape index (κ3) is 27.3. The number of ether oxygens (including phenoxy) is 2. The fraction of sp³-hybridized carbons (Fsp3) is 0.542. The van der Waals surface area contributed by atoms with Gasteiger partial charge in [0.25, 0.3) is 0 Å². The number of oxazole rings is 1. The van der Waals surface area contributed by atoms with Crippen LogP contribution in [-0.2, 0) is 9.47 Å². The first-order chi connectivity index (χ1) is 27.6. The Kier molecular flexibility index (Phi) is 27.6. The van der Waals surface area contributed by atoms with Gasteiger partial charge in [0, 0.05) is 44.4 Å². The zero-order valence-corrected chi connectivity index (χ0v) is 36.6. The Morgan fingerprint density at radius 3 is 1.39 bits per heavy atom. The Morgan fingerprint density at radius 2 is 1.05 bits per heavy atom. The van der Waals surface area contributed by atoms with Crippen LogP contribution >= 0.6 is 0 Å². The Bertz CT molecular complexity index is 1450. The molecule has 4 aliphatic rings. The summed E-state index contributed by atoms with van der Waals surface area (Å²) in [7, 11) is 4.37. The number of fused-ring (bicyclic) bond motifs is 1. The van der Waals surface area contributed by atoms with E-state index in [9.17, 15) is 0 Å². The first kappa shape index (κ1) is 49.1. The molecule has 3 aromatic heterocycles. The molecule has 9 nitrogen and oxygen atoms in total. The molecule has 4 aliphatic heterocycles. The number of para-hydroxylation sites is 2. The van der Waals surface area contributed by atoms with Crippen LogP contribution in [0.2, 0.25) is 0 Å². The zero-order valence-electron chi connectivity index (χ0n) is 36.6. The fourth-order valence-electron chi connectivity index (χ4n) is 5.91. The molecule has 0 N–H and O–H groups in total. The minimum atomic E-state index is 0.536. The van der Waals surface area contributed by atoms with Gasteiger partial charge in [0.1, 0.15) is 11.3 Å². The maximum atomic E-state index is 5.28. The summed E-state index contributed by atoms with van der Waals surface area (Å²) in [5.41, 5.74) is 4.19. The molecule has 7 heterocycles. The maximum absolute atomic E-state index is 5.28. The van der Waals surface area contributed by atoms with Crippen LogP contribution < -0.4 is 0 Å². The standard InChI is InChI=1S/C8H7NO.C7H8.C6H13N.C6H7N.C6H12O.C5H6N2.C5H11N.C5H10O/c1-6-9-7-4-2-3-5-8(7)10-6;2*1-7-5-3-2-4-6-7;2*1-6-4-2-3-5-7-6;1-5-6-3-2-4-7-5;1-6-4-2-3-5-6;1-5-3-2-4-6-5/h2-5H,1H3;2-6H,1H3;2-6H2,1H3;2-5H,1H3;6H,2-5H2,1H3;2-4H,1H3;2-5H2,1H3;5H,2-4H2,1H3. The highest BCUT2D eigenvalue weighted by Crippen LogP contribution is 2.13. The van der Waals surface area contributed by atoms with Gasteiger partial charge in [0.05, 0.1) is 12.2 Å². The molecule has 0 aliphatic carbocycles. The van der Waals surface area contributed by atoms with Gasteiger partial charge in [0.15, 0.2) is 11.5 Å². The molecule has 5 aromatic rings. The number of aromatic nitrogens is 4. The van der Waals surface area contributed by atoms with Crippen molar-refractivity contribution in [3.8, 4) is 0 Å². The van der Waals surface area contributed by atoms with E-state index >= 15 is 0 Å². The summed E-state index contributed by atoms with van der Waals surface area (Å²) >= 11 is 0. The van der Waals surface area contributed by atoms with Crippen molar-refractivity contribution in [1.29, 1.82) is 0 Å². The van der Waals surface area contributed by atoms with Crippen LogP contribution in [0.3, 0.4) is 0 Å². The average Bonchev–Trinajstić information content (AvgIpc) is 4.00. The highest BCUT2D eigenvalue weighted by Gasteiger charge is 2.08. The molecule has 2 unspecified atom stereocenters. The second-order valence-electron chi connectivity index (χ2n) is 15.0. The van der Waals surface area contributed by atoms with Gasteiger partial charge in [-0.05, 0) is 163 Å². The largest absolute Gasteiger partial charge is 0.441 e. The summed E-state index contributed by atoms with van der Waals surface area (Å²) in [5.74, 6) is 1.55. The molecule has 57 heavy (non-hydrogen) atoms. The van der Waals surface area contributed by atoms with Crippen molar-refractivity contribution in [2.24, 2.45) is 0 Å². The summed E-state index contributed by atoms with van der Waals surface area (Å²) in [4.78, 5) is 20.6. The summed E-state index contributed by atoms with van der Waals surface area (Å²) in [6, 6.07) is 25.7. The van der Waals surface area contributed by atoms with Gasteiger partial charge in [-0.1, -0.05) is 60.5 Å². The second kappa shape index (κ2) is 32.0. The molecule has 9 rings (SSSR count). The number of benzene rings is 2. The van der Waals surface area contributed by atoms with Crippen LogP contribution in [0.25, 0.3) is 11.1 Å². The lowest BCUT2D eigenvalue weighted by Gasteiger charge is -2.20. The SMILES string of the molecule is CC1CCCCO1.CC1CCCO1.CN1CCCC1.CN1CCCCC1.Cc1ccccc1.Cc1ccccn1.Cc1nc2ccccc2o1.Cc1ncccn1. The number of rotatable bonds is 0. The quantitative estimate of drug-likeness (QED) is 0.152. The predicted molar refractivity (Wildman–Crippen MR) is 238 cm³/mol. The molecule has 4 saturated heterocycles. The van der Waals surface area contributed by atoms with Crippen molar-refractivity contribution in [1.82, 2.24) is 29.7 Å². The summed E-state index contributed by atoms with van der Waals surface area (Å²) in [6.45, 7) is 19.3. The van der Waals surface area contributed by atoms with E-state index in [1.807, 2.05) is 81.4 Å². The molecule has 4 fully saturated rings. The molecule has 0 saturated carbocycles. The van der Waals surface area contributed by atoms with Crippen molar-refractivity contribution < 1.29 is 13.9 Å². The van der Waals surface area contributed by atoms with Gasteiger partial charge >= 0.3 is 0 Å². The predicted octanol–water partition coefficient (Wildman–Crippen LogP) is 10.9. The van der Waals surface area contributed by atoms with Crippen molar-refractivity contribution in [3.05, 3.63) is 120 Å². The van der Waals surface area contributed by atoms with Crippen LogP contribution in [0.1, 0.15) is 101 Å². The molecule has 0 spiro atoms. The zero-order chi connectivity index (χ0) is 41.4. The van der Waals surface area contributed by atoms with E-state index in [4.69, 9.17) is 13.9 Å². The smallest absolute Gasteiger partial charge is 0.192 e. The fourth-order valence-corrected chi connectivity index (χ4v) is 5.91. The van der Waals surface area contributed by atoms with Gasteiger partial charge in [-0.3, -0.25) is 4.98 Å². The van der Waals surface area contributed by atoms with Crippen LogP contribution in [0.4, 0.5) is 0 Å². The summed E-state index contributed by atoms with van der Waals surface area (Å²) in [6.07, 6.45) is 19.8. The minimum absolute atomic E-state index is 0.536. The number of hydrogen-bond donors (Lipinski definition) is 0. The minimum Gasteiger partial charge on any atom is -0.441 e. The Hall–Kier alpha value is -4.02. The number of nitrogens with zero attached hydrogens (tertiary/aromatic N) is 6. The molecule has 0 bridgehead atoms. The van der Waals surface area contributed by atoms with E-state index in [0.717, 1.165) is 41.7 Å². The number of hydrogen-bond acceptors (Lipinski definition) is 9. The molecule has 314 valence electrons. The normalized spacial score (nSPS) is 18.5. The van der Waals surface area contributed by atoms with Crippen molar-refractivity contribution in [2.75, 3.05) is 53.5 Å². The topological polar surface area (TPSA) is 89.6 Å². The maximum Gasteiger partial charge on any atom is 0.192 e. The lowest BCUT2D eigenvalue weighted by molar-refractivity contribution is 0.0285. The van der Waals surface area contributed by atoms with Gasteiger partial charge < -0.3 is 23.7 Å². The van der Waals surface area contributed by atoms with E-state index in [0.29, 0.717) is 12.2 Å². The van der Waals surface area contributed by atoms with Crippen LogP contribution in [0, 0.1) is 27.7 Å². The van der Waals surface area contributed by atoms with Gasteiger partial charge in [-0.25, -0.2) is 15.0 Å². The van der Waals surface area contributed by atoms with E-state index in [2.05, 4.69) is 76.7 Å². The van der Waals surface area contributed by atoms with E-state index in [1.54, 1.807) is 24.7 Å². The molecule has 0 amide bonds. The second-order valence-corrected chi connectivity index (χ2v) is 15.0. The summed E-state index contributed by atoms with van der Waals surface area (Å²) < 4.78 is 15.7. The monoisotopic (exact) mass is 783 g/mol. The van der Waals surface area contributed by atoms with Crippen LogP contribution in [0.15, 0.2) is 102 Å². The van der Waals surface area contributed by atoms with Gasteiger partial charge in [0.2, 0.25) is 0 Å². The number of likely N-dealkylation sites (tertiary alicyclic amines) is 2. The van der Waals surface area contributed by atoms with E-state index < -0.39 is 0 Å². The molecular formula is C48H74N6O3. The molecule has 2 atom stereocenters. The first-order valence-electron chi connectivity index (χ1n) is 21.2. The van der Waals surface area contributed by atoms with Crippen molar-refractivity contribution in [3.63, 3.8) is 0 Å². The van der Waals surface area contributed by atoms with E-state index in [-0.39, 0.29) is 0 Å². The number of piperidine rings is 1. The van der Waals surface area contributed by atoms with Crippen LogP contribution in [0.5, 0.6) is 0 Å². The Labute approximate surface area is 345 Å². The van der Waals surface area contributed by atoms with Crippen molar-refractivity contribution >= 4 is 11.1 Å². The average molecular weight is 783 g/mol. The van der Waals surface area contributed by atoms with Gasteiger partial charge in [-0.2, -0.15) is 0 Å². The molecule has 0 radical (unpaired) electrons. The third-order valence-electron chi connectivity index (χ3n) is 9.32. The molecular weight excluding hydrogens is 709 g/mol. The number of pyridine rings is 1. The Balaban J connectivity index is 0.000000226. The lowest BCUT2D eigenvalue weighted by Crippen LogP contribution is -2.24. The highest BCUT2D eigenvalue weighted by atomic mass is 16.5. The molecule has 9 heteroatoms. The van der Waals surface area contributed by atoms with Crippen molar-refractivity contribution in [2.45, 2.75) is 118 Å². The molecule has 2 aromatic carbocycles. The highest BCUT2D eigenvalue weighted by molar-refractivity contribution is 5.71.